The minimum atomic E-state index is -4.49. The fourth-order valence-corrected chi connectivity index (χ4v) is 0.822. The van der Waals surface area contributed by atoms with Gasteiger partial charge >= 0.3 is 6.18 Å². The summed E-state index contributed by atoms with van der Waals surface area (Å²) in [7, 11) is 0. The lowest BCUT2D eigenvalue weighted by Crippen LogP contribution is -2.09. The Kier molecular flexibility index (Phi) is 2.36. The van der Waals surface area contributed by atoms with E-state index in [0.29, 0.717) is 11.8 Å². The highest BCUT2D eigenvalue weighted by atomic mass is 19.4. The van der Waals surface area contributed by atoms with Crippen LogP contribution in [0.3, 0.4) is 0 Å². The van der Waals surface area contributed by atoms with Crippen molar-refractivity contribution in [3.63, 3.8) is 0 Å². The van der Waals surface area contributed by atoms with Crippen molar-refractivity contribution in [3.05, 3.63) is 29.1 Å². The van der Waals surface area contributed by atoms with Crippen molar-refractivity contribution in [2.24, 2.45) is 0 Å². The molecule has 0 aliphatic carbocycles. The zero-order chi connectivity index (χ0) is 10.1. The molecule has 1 aromatic heterocycles. The smallest absolute Gasteiger partial charge is 0.296 e. The van der Waals surface area contributed by atoms with Gasteiger partial charge in [-0.25, -0.2) is 4.98 Å². The Labute approximate surface area is 72.4 Å². The van der Waals surface area contributed by atoms with Crippen LogP contribution < -0.4 is 0 Å². The molecule has 0 aromatic carbocycles. The molecule has 1 heterocycles. The zero-order valence-electron chi connectivity index (χ0n) is 6.72. The topological polar surface area (TPSA) is 30.0 Å². The van der Waals surface area contributed by atoms with E-state index in [4.69, 9.17) is 0 Å². The first kappa shape index (κ1) is 9.70. The van der Waals surface area contributed by atoms with Crippen LogP contribution in [0.15, 0.2) is 12.1 Å². The number of aromatic nitrogens is 1. The van der Waals surface area contributed by atoms with Crippen molar-refractivity contribution in [1.29, 1.82) is 0 Å². The van der Waals surface area contributed by atoms with Gasteiger partial charge in [0.25, 0.3) is 0 Å². The Hall–Kier alpha value is -1.39. The van der Waals surface area contributed by atoms with E-state index in [0.717, 1.165) is 6.07 Å². The van der Waals surface area contributed by atoms with Crippen LogP contribution in [-0.4, -0.2) is 11.3 Å². The maximum atomic E-state index is 12.1. The molecule has 1 aromatic rings. The van der Waals surface area contributed by atoms with Gasteiger partial charge in [0.1, 0.15) is 11.4 Å². The van der Waals surface area contributed by atoms with E-state index in [1.165, 1.54) is 13.0 Å². The third-order valence-corrected chi connectivity index (χ3v) is 1.54. The van der Waals surface area contributed by atoms with Gasteiger partial charge in [-0.3, -0.25) is 4.79 Å². The molecule has 5 heteroatoms. The van der Waals surface area contributed by atoms with Crippen LogP contribution in [0.25, 0.3) is 0 Å². The van der Waals surface area contributed by atoms with Crippen molar-refractivity contribution in [2.75, 3.05) is 0 Å². The van der Waals surface area contributed by atoms with Crippen molar-refractivity contribution in [3.8, 4) is 0 Å². The van der Waals surface area contributed by atoms with Crippen LogP contribution in [0.5, 0.6) is 0 Å². The lowest BCUT2D eigenvalue weighted by atomic mass is 10.2. The van der Waals surface area contributed by atoms with E-state index < -0.39 is 11.9 Å². The molecule has 0 aliphatic rings. The second-order valence-electron chi connectivity index (χ2n) is 2.51. The van der Waals surface area contributed by atoms with Crippen molar-refractivity contribution < 1.29 is 18.0 Å². The summed E-state index contributed by atoms with van der Waals surface area (Å²) in [6.07, 6.45) is -4.18. The first-order valence-electron chi connectivity index (χ1n) is 3.45. The quantitative estimate of drug-likeness (QED) is 0.634. The van der Waals surface area contributed by atoms with Crippen LogP contribution in [0, 0.1) is 6.92 Å². The second-order valence-corrected chi connectivity index (χ2v) is 2.51. The number of alkyl halides is 3. The Morgan fingerprint density at radius 3 is 2.46 bits per heavy atom. The first-order valence-corrected chi connectivity index (χ1v) is 3.45. The predicted molar refractivity (Wildman–Crippen MR) is 39.4 cm³/mol. The number of halogens is 3. The van der Waals surface area contributed by atoms with Gasteiger partial charge < -0.3 is 0 Å². The van der Waals surface area contributed by atoms with E-state index in [-0.39, 0.29) is 5.69 Å². The lowest BCUT2D eigenvalue weighted by molar-refractivity contribution is -0.141. The summed E-state index contributed by atoms with van der Waals surface area (Å²) in [4.78, 5) is 13.4. The molecule has 1 rings (SSSR count). The number of nitrogens with zero attached hydrogens (tertiary/aromatic N) is 1. The average Bonchev–Trinajstić information content (AvgIpc) is 2.03. The molecule has 0 bridgehead atoms. The summed E-state index contributed by atoms with van der Waals surface area (Å²) < 4.78 is 36.2. The molecular formula is C8H6F3NO. The molecule has 70 valence electrons. The number of aldehydes is 1. The molecule has 2 nitrogen and oxygen atoms in total. The highest BCUT2D eigenvalue weighted by molar-refractivity contribution is 5.74. The Balaban J connectivity index is 3.21. The molecule has 0 atom stereocenters. The summed E-state index contributed by atoms with van der Waals surface area (Å²) in [6, 6.07) is 2.07. The Morgan fingerprint density at radius 1 is 1.38 bits per heavy atom. The summed E-state index contributed by atoms with van der Waals surface area (Å²) in [5.74, 6) is 0. The van der Waals surface area contributed by atoms with Gasteiger partial charge in [-0.2, -0.15) is 13.2 Å². The second kappa shape index (κ2) is 3.16. The number of hydrogen-bond donors (Lipinski definition) is 0. The van der Waals surface area contributed by atoms with Gasteiger partial charge in [0.05, 0.1) is 0 Å². The first-order chi connectivity index (χ1) is 5.95. The highest BCUT2D eigenvalue weighted by Gasteiger charge is 2.32. The van der Waals surface area contributed by atoms with E-state index in [9.17, 15) is 18.0 Å². The third kappa shape index (κ3) is 2.05. The summed E-state index contributed by atoms with van der Waals surface area (Å²) in [5, 5.41) is 0. The third-order valence-electron chi connectivity index (χ3n) is 1.54. The van der Waals surface area contributed by atoms with E-state index >= 15 is 0 Å². The minimum absolute atomic E-state index is 0.171. The van der Waals surface area contributed by atoms with Gasteiger partial charge in [-0.1, -0.05) is 6.07 Å². The fraction of sp³-hybridized carbons (Fsp3) is 0.250. The minimum Gasteiger partial charge on any atom is -0.296 e. The normalized spacial score (nSPS) is 11.4. The molecule has 0 fully saturated rings. The van der Waals surface area contributed by atoms with E-state index in [2.05, 4.69) is 4.98 Å². The monoisotopic (exact) mass is 189 g/mol. The number of carbonyl (C=O) groups is 1. The Bertz CT molecular complexity index is 333. The van der Waals surface area contributed by atoms with Crippen LogP contribution in [0.4, 0.5) is 13.2 Å². The molecule has 13 heavy (non-hydrogen) atoms. The van der Waals surface area contributed by atoms with Gasteiger partial charge in [0.15, 0.2) is 6.29 Å². The fourth-order valence-electron chi connectivity index (χ4n) is 0.822. The SMILES string of the molecule is Cc1ccc(C(F)(F)F)nc1C=O. The van der Waals surface area contributed by atoms with Crippen molar-refractivity contribution >= 4 is 6.29 Å². The Morgan fingerprint density at radius 2 is 2.00 bits per heavy atom. The maximum absolute atomic E-state index is 12.1. The highest BCUT2D eigenvalue weighted by Crippen LogP contribution is 2.27. The number of pyridine rings is 1. The number of rotatable bonds is 1. The molecule has 0 amide bonds. The molecule has 0 N–H and O–H groups in total. The summed E-state index contributed by atoms with van der Waals surface area (Å²) in [6.45, 7) is 1.52. The molecular weight excluding hydrogens is 183 g/mol. The lowest BCUT2D eigenvalue weighted by Gasteiger charge is -2.06. The number of hydrogen-bond acceptors (Lipinski definition) is 2. The standard InChI is InChI=1S/C8H6F3NO/c1-5-2-3-7(8(9,10)11)12-6(5)4-13/h2-4H,1H3. The molecule has 0 aliphatic heterocycles. The average molecular weight is 189 g/mol. The van der Waals surface area contributed by atoms with Gasteiger partial charge in [0.2, 0.25) is 0 Å². The molecule has 0 saturated carbocycles. The number of carbonyl (C=O) groups excluding carboxylic acids is 1. The summed E-state index contributed by atoms with van der Waals surface area (Å²) in [5.41, 5.74) is -0.780. The number of aryl methyl sites for hydroxylation is 1. The largest absolute Gasteiger partial charge is 0.433 e. The van der Waals surface area contributed by atoms with Crippen molar-refractivity contribution in [1.82, 2.24) is 4.98 Å². The van der Waals surface area contributed by atoms with Crippen molar-refractivity contribution in [2.45, 2.75) is 13.1 Å². The van der Waals surface area contributed by atoms with Crippen LogP contribution in [0.2, 0.25) is 0 Å². The zero-order valence-corrected chi connectivity index (χ0v) is 6.72. The maximum Gasteiger partial charge on any atom is 0.433 e. The summed E-state index contributed by atoms with van der Waals surface area (Å²) >= 11 is 0. The molecule has 0 unspecified atom stereocenters. The molecule has 0 radical (unpaired) electrons. The van der Waals surface area contributed by atoms with Crippen LogP contribution in [-0.2, 0) is 6.18 Å². The van der Waals surface area contributed by atoms with Gasteiger partial charge in [-0.05, 0) is 18.6 Å². The van der Waals surface area contributed by atoms with E-state index in [1.807, 2.05) is 0 Å². The molecule has 0 saturated heterocycles. The van der Waals surface area contributed by atoms with Gasteiger partial charge in [0, 0.05) is 0 Å². The van der Waals surface area contributed by atoms with Crippen LogP contribution in [0.1, 0.15) is 21.7 Å². The van der Waals surface area contributed by atoms with Gasteiger partial charge in [-0.15, -0.1) is 0 Å². The van der Waals surface area contributed by atoms with Crippen LogP contribution >= 0.6 is 0 Å². The predicted octanol–water partition coefficient (Wildman–Crippen LogP) is 2.22. The molecule has 0 spiro atoms. The van der Waals surface area contributed by atoms with E-state index in [1.54, 1.807) is 0 Å².